The molecule has 0 aliphatic heterocycles. The van der Waals surface area contributed by atoms with E-state index in [-0.39, 0.29) is 34.8 Å². The number of rotatable bonds is 7. The predicted molar refractivity (Wildman–Crippen MR) is 94.1 cm³/mol. The number of carbonyl (C=O) groups is 1. The normalized spacial score (nSPS) is 12.6. The summed E-state index contributed by atoms with van der Waals surface area (Å²) in [6.45, 7) is 3.86. The van der Waals surface area contributed by atoms with Crippen LogP contribution in [0.25, 0.3) is 0 Å². The molecular formula is C18H21FN2O3S. The van der Waals surface area contributed by atoms with Crippen LogP contribution < -0.4 is 10.0 Å². The molecule has 0 aliphatic rings. The van der Waals surface area contributed by atoms with Gasteiger partial charge in [0, 0.05) is 18.2 Å². The largest absolute Gasteiger partial charge is 0.350 e. The maximum Gasteiger partial charge on any atom is 0.251 e. The Morgan fingerprint density at radius 1 is 1.16 bits per heavy atom. The Morgan fingerprint density at radius 2 is 1.84 bits per heavy atom. The minimum Gasteiger partial charge on any atom is -0.350 e. The second kappa shape index (κ2) is 8.22. The topological polar surface area (TPSA) is 75.3 Å². The smallest absolute Gasteiger partial charge is 0.251 e. The molecule has 0 aromatic heterocycles. The fraction of sp³-hybridized carbons (Fsp3) is 0.278. The molecule has 0 radical (unpaired) electrons. The number of amides is 1. The molecule has 2 rings (SSSR count). The molecule has 1 atom stereocenters. The predicted octanol–water partition coefficient (Wildman–Crippen LogP) is 2.83. The van der Waals surface area contributed by atoms with Crippen molar-refractivity contribution < 1.29 is 17.6 Å². The second-order valence-corrected chi connectivity index (χ2v) is 7.53. The lowest BCUT2D eigenvalue weighted by atomic mass is 10.2. The summed E-state index contributed by atoms with van der Waals surface area (Å²) < 4.78 is 40.2. The molecule has 1 unspecified atom stereocenters. The molecule has 134 valence electrons. The SMILES string of the molecule is CCC(C)NC(=O)c1cccc(S(=O)(=O)NCc2ccc(F)cc2)c1. The molecule has 0 heterocycles. The molecule has 2 N–H and O–H groups in total. The number of hydrogen-bond donors (Lipinski definition) is 2. The molecule has 0 spiro atoms. The first-order valence-corrected chi connectivity index (χ1v) is 9.45. The van der Waals surface area contributed by atoms with Crippen molar-refractivity contribution in [3.05, 3.63) is 65.5 Å². The van der Waals surface area contributed by atoms with E-state index in [9.17, 15) is 17.6 Å². The Labute approximate surface area is 147 Å². The number of benzene rings is 2. The van der Waals surface area contributed by atoms with Gasteiger partial charge in [-0.15, -0.1) is 0 Å². The van der Waals surface area contributed by atoms with Crippen molar-refractivity contribution in [2.24, 2.45) is 0 Å². The highest BCUT2D eigenvalue weighted by molar-refractivity contribution is 7.89. The third kappa shape index (κ3) is 5.37. The highest BCUT2D eigenvalue weighted by Crippen LogP contribution is 2.13. The van der Waals surface area contributed by atoms with E-state index in [4.69, 9.17) is 0 Å². The van der Waals surface area contributed by atoms with Crippen molar-refractivity contribution in [3.8, 4) is 0 Å². The first-order chi connectivity index (χ1) is 11.8. The minimum absolute atomic E-state index is 0.00404. The first-order valence-electron chi connectivity index (χ1n) is 7.97. The van der Waals surface area contributed by atoms with Crippen LogP contribution in [0.5, 0.6) is 0 Å². The van der Waals surface area contributed by atoms with Crippen LogP contribution in [0.1, 0.15) is 36.2 Å². The lowest BCUT2D eigenvalue weighted by molar-refractivity contribution is 0.0939. The monoisotopic (exact) mass is 364 g/mol. The highest BCUT2D eigenvalue weighted by atomic mass is 32.2. The quantitative estimate of drug-likeness (QED) is 0.793. The Balaban J connectivity index is 2.12. The van der Waals surface area contributed by atoms with Crippen LogP contribution >= 0.6 is 0 Å². The Morgan fingerprint density at radius 3 is 2.48 bits per heavy atom. The van der Waals surface area contributed by atoms with Crippen molar-refractivity contribution in [1.29, 1.82) is 0 Å². The van der Waals surface area contributed by atoms with Gasteiger partial charge in [0.05, 0.1) is 4.90 Å². The summed E-state index contributed by atoms with van der Waals surface area (Å²) in [5.41, 5.74) is 0.917. The molecule has 0 saturated heterocycles. The molecule has 0 saturated carbocycles. The van der Waals surface area contributed by atoms with E-state index in [1.807, 2.05) is 13.8 Å². The molecule has 1 amide bonds. The van der Waals surface area contributed by atoms with Gasteiger partial charge in [0.25, 0.3) is 5.91 Å². The second-order valence-electron chi connectivity index (χ2n) is 5.76. The fourth-order valence-corrected chi connectivity index (χ4v) is 3.14. The van der Waals surface area contributed by atoms with Gasteiger partial charge in [0.2, 0.25) is 10.0 Å². The molecule has 25 heavy (non-hydrogen) atoms. The summed E-state index contributed by atoms with van der Waals surface area (Å²) in [7, 11) is -3.78. The molecule has 2 aromatic carbocycles. The highest BCUT2D eigenvalue weighted by Gasteiger charge is 2.16. The summed E-state index contributed by atoms with van der Waals surface area (Å²) >= 11 is 0. The van der Waals surface area contributed by atoms with E-state index in [2.05, 4.69) is 10.0 Å². The lowest BCUT2D eigenvalue weighted by Crippen LogP contribution is -2.32. The number of hydrogen-bond acceptors (Lipinski definition) is 3. The minimum atomic E-state index is -3.78. The number of halogens is 1. The third-order valence-electron chi connectivity index (χ3n) is 3.78. The Bertz CT molecular complexity index is 836. The van der Waals surface area contributed by atoms with Gasteiger partial charge in [-0.05, 0) is 49.2 Å². The first kappa shape index (κ1) is 19.1. The molecule has 5 nitrogen and oxygen atoms in total. The van der Waals surface area contributed by atoms with Gasteiger partial charge in [-0.1, -0.05) is 25.1 Å². The van der Waals surface area contributed by atoms with E-state index in [1.165, 1.54) is 42.5 Å². The van der Waals surface area contributed by atoms with Gasteiger partial charge in [0.15, 0.2) is 0 Å². The lowest BCUT2D eigenvalue weighted by Gasteiger charge is -2.12. The van der Waals surface area contributed by atoms with Crippen LogP contribution in [-0.2, 0) is 16.6 Å². The van der Waals surface area contributed by atoms with E-state index >= 15 is 0 Å². The van der Waals surface area contributed by atoms with Crippen LogP contribution in [0.15, 0.2) is 53.4 Å². The molecule has 7 heteroatoms. The Hall–Kier alpha value is -2.25. The average Bonchev–Trinajstić information content (AvgIpc) is 2.61. The summed E-state index contributed by atoms with van der Waals surface area (Å²) in [5, 5.41) is 2.80. The van der Waals surface area contributed by atoms with Crippen molar-refractivity contribution in [1.82, 2.24) is 10.0 Å². The molecule has 0 fully saturated rings. The van der Waals surface area contributed by atoms with Gasteiger partial charge in [-0.25, -0.2) is 17.5 Å². The van der Waals surface area contributed by atoms with Gasteiger partial charge in [-0.3, -0.25) is 4.79 Å². The molecule has 0 aliphatic carbocycles. The van der Waals surface area contributed by atoms with Gasteiger partial charge in [-0.2, -0.15) is 0 Å². The zero-order chi connectivity index (χ0) is 18.4. The third-order valence-corrected chi connectivity index (χ3v) is 5.17. The van der Waals surface area contributed by atoms with E-state index in [0.717, 1.165) is 6.42 Å². The van der Waals surface area contributed by atoms with Crippen molar-refractivity contribution in [2.45, 2.75) is 37.8 Å². The Kier molecular flexibility index (Phi) is 6.27. The van der Waals surface area contributed by atoms with Gasteiger partial charge < -0.3 is 5.32 Å². The van der Waals surface area contributed by atoms with Gasteiger partial charge >= 0.3 is 0 Å². The number of nitrogens with one attached hydrogen (secondary N) is 2. The maximum atomic E-state index is 12.9. The number of carbonyl (C=O) groups excluding carboxylic acids is 1. The van der Waals surface area contributed by atoms with Crippen LogP contribution in [-0.4, -0.2) is 20.4 Å². The summed E-state index contributed by atoms with van der Waals surface area (Å²) in [5.74, 6) is -0.698. The van der Waals surface area contributed by atoms with Crippen LogP contribution in [0.4, 0.5) is 4.39 Å². The fourth-order valence-electron chi connectivity index (χ4n) is 2.08. The van der Waals surface area contributed by atoms with Gasteiger partial charge in [0.1, 0.15) is 5.82 Å². The van der Waals surface area contributed by atoms with Crippen molar-refractivity contribution in [3.63, 3.8) is 0 Å². The number of sulfonamides is 1. The van der Waals surface area contributed by atoms with Crippen LogP contribution in [0.2, 0.25) is 0 Å². The van der Waals surface area contributed by atoms with Crippen molar-refractivity contribution in [2.75, 3.05) is 0 Å². The summed E-state index contributed by atoms with van der Waals surface area (Å²) in [6.07, 6.45) is 0.781. The van der Waals surface area contributed by atoms with E-state index < -0.39 is 10.0 Å². The van der Waals surface area contributed by atoms with Crippen molar-refractivity contribution >= 4 is 15.9 Å². The van der Waals surface area contributed by atoms with Crippen LogP contribution in [0.3, 0.4) is 0 Å². The zero-order valence-corrected chi connectivity index (χ0v) is 14.9. The molecule has 0 bridgehead atoms. The maximum absolute atomic E-state index is 12.9. The van der Waals surface area contributed by atoms with E-state index in [0.29, 0.717) is 5.56 Å². The van der Waals surface area contributed by atoms with Crippen LogP contribution in [0, 0.1) is 5.82 Å². The summed E-state index contributed by atoms with van der Waals surface area (Å²) in [6, 6.07) is 11.4. The standard InChI is InChI=1S/C18H21FN2O3S/c1-3-13(2)21-18(22)15-5-4-6-17(11-15)25(23,24)20-12-14-7-9-16(19)10-8-14/h4-11,13,20H,3,12H2,1-2H3,(H,21,22). The average molecular weight is 364 g/mol. The zero-order valence-electron chi connectivity index (χ0n) is 14.1. The molecular weight excluding hydrogens is 343 g/mol. The van der Waals surface area contributed by atoms with E-state index in [1.54, 1.807) is 6.07 Å². The molecule has 2 aromatic rings. The summed E-state index contributed by atoms with van der Waals surface area (Å²) in [4.78, 5) is 12.1.